The second kappa shape index (κ2) is 8.05. The van der Waals surface area contributed by atoms with Gasteiger partial charge in [-0.05, 0) is 5.56 Å². The fourth-order valence-corrected chi connectivity index (χ4v) is 3.40. The number of carbonyl (C=O) groups is 1. The molecule has 0 aliphatic rings. The van der Waals surface area contributed by atoms with Crippen LogP contribution in [0.3, 0.4) is 0 Å². The van der Waals surface area contributed by atoms with Gasteiger partial charge in [0.2, 0.25) is 5.91 Å². The van der Waals surface area contributed by atoms with Gasteiger partial charge in [-0.3, -0.25) is 4.79 Å². The van der Waals surface area contributed by atoms with E-state index in [2.05, 4.69) is 15.6 Å². The molecule has 2 N–H and O–H groups in total. The third-order valence-electron chi connectivity index (χ3n) is 3.61. The first-order valence-corrected chi connectivity index (χ1v) is 9.10. The molecule has 25 heavy (non-hydrogen) atoms. The molecule has 0 atom stereocenters. The molecule has 0 saturated heterocycles. The highest BCUT2D eigenvalue weighted by Crippen LogP contribution is 2.38. The van der Waals surface area contributed by atoms with Crippen molar-refractivity contribution < 1.29 is 4.79 Å². The van der Waals surface area contributed by atoms with Crippen molar-refractivity contribution in [3.8, 4) is 21.0 Å². The summed E-state index contributed by atoms with van der Waals surface area (Å²) in [5, 5.41) is 6.97. The molecule has 3 rings (SSSR count). The van der Waals surface area contributed by atoms with Gasteiger partial charge in [-0.2, -0.15) is 0 Å². The number of rotatable bonds is 6. The molecule has 0 aliphatic carbocycles. The molecule has 3 aromatic rings. The fraction of sp³-hybridized carbons (Fsp3) is 0.200. The van der Waals surface area contributed by atoms with Crippen molar-refractivity contribution in [2.75, 3.05) is 11.9 Å². The van der Waals surface area contributed by atoms with Crippen LogP contribution in [0.2, 0.25) is 0 Å². The predicted molar refractivity (Wildman–Crippen MR) is 105 cm³/mol. The minimum absolute atomic E-state index is 0.0872. The lowest BCUT2D eigenvalue weighted by Crippen LogP contribution is -2.32. The van der Waals surface area contributed by atoms with Crippen molar-refractivity contribution in [3.05, 3.63) is 60.7 Å². The maximum absolute atomic E-state index is 12.2. The molecular weight excluding hydrogens is 330 g/mol. The van der Waals surface area contributed by atoms with Crippen LogP contribution in [0.25, 0.3) is 21.0 Å². The van der Waals surface area contributed by atoms with Crippen LogP contribution in [0.1, 0.15) is 13.8 Å². The third kappa shape index (κ3) is 4.53. The van der Waals surface area contributed by atoms with Crippen LogP contribution in [-0.2, 0) is 4.79 Å². The van der Waals surface area contributed by atoms with Crippen LogP contribution < -0.4 is 10.6 Å². The van der Waals surface area contributed by atoms with Gasteiger partial charge in [0.05, 0.1) is 11.4 Å². The van der Waals surface area contributed by atoms with Crippen molar-refractivity contribution in [1.29, 1.82) is 0 Å². The van der Waals surface area contributed by atoms with E-state index in [0.29, 0.717) is 5.82 Å². The van der Waals surface area contributed by atoms with Crippen molar-refractivity contribution in [3.63, 3.8) is 0 Å². The van der Waals surface area contributed by atoms with Crippen LogP contribution >= 0.6 is 11.3 Å². The largest absolute Gasteiger partial charge is 0.308 e. The number of nitrogens with zero attached hydrogens (tertiary/aromatic N) is 1. The Morgan fingerprint density at radius 3 is 2.20 bits per heavy atom. The summed E-state index contributed by atoms with van der Waals surface area (Å²) >= 11 is 1.59. The maximum atomic E-state index is 12.2. The number of thiazole rings is 1. The second-order valence-electron chi connectivity index (χ2n) is 6.01. The first-order chi connectivity index (χ1) is 12.1. The Morgan fingerprint density at radius 1 is 1.00 bits per heavy atom. The highest BCUT2D eigenvalue weighted by atomic mass is 32.1. The summed E-state index contributed by atoms with van der Waals surface area (Å²) in [6.45, 7) is 4.29. The first-order valence-electron chi connectivity index (χ1n) is 8.28. The van der Waals surface area contributed by atoms with Crippen LogP contribution in [0.15, 0.2) is 60.7 Å². The molecule has 1 amide bonds. The number of aromatic nitrogens is 1. The quantitative estimate of drug-likeness (QED) is 0.691. The van der Waals surface area contributed by atoms with Crippen molar-refractivity contribution in [2.24, 2.45) is 0 Å². The van der Waals surface area contributed by atoms with E-state index < -0.39 is 0 Å². The number of hydrogen-bond donors (Lipinski definition) is 2. The molecule has 0 saturated carbocycles. The van der Waals surface area contributed by atoms with Crippen LogP contribution in [-0.4, -0.2) is 23.5 Å². The zero-order valence-corrected chi connectivity index (χ0v) is 15.1. The van der Waals surface area contributed by atoms with Gasteiger partial charge in [0, 0.05) is 11.6 Å². The zero-order chi connectivity index (χ0) is 17.6. The minimum Gasteiger partial charge on any atom is -0.308 e. The number of carbonyl (C=O) groups excluding carboxylic acids is 1. The van der Waals surface area contributed by atoms with Gasteiger partial charge in [-0.25, -0.2) is 4.98 Å². The van der Waals surface area contributed by atoms with E-state index in [9.17, 15) is 4.79 Å². The summed E-state index contributed by atoms with van der Waals surface area (Å²) < 4.78 is 0. The Bertz CT molecular complexity index is 829. The smallest absolute Gasteiger partial charge is 0.239 e. The molecule has 4 nitrogen and oxygen atoms in total. The molecule has 0 fully saturated rings. The summed E-state index contributed by atoms with van der Waals surface area (Å²) in [5.41, 5.74) is 2.10. The van der Waals surface area contributed by atoms with Gasteiger partial charge in [0.25, 0.3) is 0 Å². The monoisotopic (exact) mass is 351 g/mol. The normalized spacial score (nSPS) is 10.8. The van der Waals surface area contributed by atoms with E-state index in [0.717, 1.165) is 21.0 Å². The Balaban J connectivity index is 1.92. The van der Waals surface area contributed by atoms with E-state index in [1.54, 1.807) is 11.3 Å². The van der Waals surface area contributed by atoms with Gasteiger partial charge in [-0.1, -0.05) is 74.5 Å². The van der Waals surface area contributed by atoms with Crippen LogP contribution in [0.4, 0.5) is 5.82 Å². The number of nitrogens with one attached hydrogen (secondary N) is 2. The Morgan fingerprint density at radius 2 is 1.60 bits per heavy atom. The Hall–Kier alpha value is -2.50. The highest BCUT2D eigenvalue weighted by Gasteiger charge is 2.16. The topological polar surface area (TPSA) is 54.0 Å². The Labute approximate surface area is 151 Å². The average Bonchev–Trinajstić information content (AvgIpc) is 3.05. The summed E-state index contributed by atoms with van der Waals surface area (Å²) in [4.78, 5) is 17.9. The van der Waals surface area contributed by atoms with E-state index in [4.69, 9.17) is 0 Å². The van der Waals surface area contributed by atoms with Crippen molar-refractivity contribution in [1.82, 2.24) is 10.3 Å². The van der Waals surface area contributed by atoms with Gasteiger partial charge < -0.3 is 10.6 Å². The van der Waals surface area contributed by atoms with Gasteiger partial charge in [0.15, 0.2) is 5.82 Å². The van der Waals surface area contributed by atoms with Crippen LogP contribution in [0.5, 0.6) is 0 Å². The number of benzene rings is 2. The van der Waals surface area contributed by atoms with E-state index in [-0.39, 0.29) is 18.5 Å². The maximum Gasteiger partial charge on any atom is 0.239 e. The minimum atomic E-state index is -0.0872. The summed E-state index contributed by atoms with van der Waals surface area (Å²) in [6, 6.07) is 20.3. The van der Waals surface area contributed by atoms with Crippen molar-refractivity contribution in [2.45, 2.75) is 19.9 Å². The molecule has 0 radical (unpaired) electrons. The zero-order valence-electron chi connectivity index (χ0n) is 14.3. The van der Waals surface area contributed by atoms with Gasteiger partial charge >= 0.3 is 0 Å². The van der Waals surface area contributed by atoms with E-state index in [1.807, 2.05) is 74.5 Å². The lowest BCUT2D eigenvalue weighted by atomic mass is 10.2. The summed E-state index contributed by atoms with van der Waals surface area (Å²) in [5.74, 6) is 0.529. The first kappa shape index (κ1) is 17.3. The molecule has 0 spiro atoms. The molecule has 0 unspecified atom stereocenters. The van der Waals surface area contributed by atoms with E-state index in [1.165, 1.54) is 0 Å². The number of hydrogen-bond acceptors (Lipinski definition) is 4. The van der Waals surface area contributed by atoms with Crippen molar-refractivity contribution >= 4 is 23.1 Å². The molecule has 1 aromatic heterocycles. The average molecular weight is 351 g/mol. The molecular formula is C20H21N3OS. The Kier molecular flexibility index (Phi) is 5.58. The molecule has 0 bridgehead atoms. The lowest BCUT2D eigenvalue weighted by Gasteiger charge is -2.08. The molecule has 1 heterocycles. The van der Waals surface area contributed by atoms with Gasteiger partial charge in [0.1, 0.15) is 5.01 Å². The second-order valence-corrected chi connectivity index (χ2v) is 7.01. The summed E-state index contributed by atoms with van der Waals surface area (Å²) in [6.07, 6.45) is 0. The lowest BCUT2D eigenvalue weighted by molar-refractivity contribution is -0.115. The standard InChI is InChI=1S/C20H21N3OS/c1-14(2)21-13-17(24)22-19-18(15-9-5-3-6-10-15)25-20(23-19)16-11-7-4-8-12-16/h3-12,14,21H,13H2,1-2H3,(H,22,24). The molecule has 128 valence electrons. The number of anilines is 1. The fourth-order valence-electron chi connectivity index (χ4n) is 2.37. The summed E-state index contributed by atoms with van der Waals surface area (Å²) in [7, 11) is 0. The predicted octanol–water partition coefficient (Wildman–Crippen LogP) is 4.41. The molecule has 0 aliphatic heterocycles. The van der Waals surface area contributed by atoms with E-state index >= 15 is 0 Å². The highest BCUT2D eigenvalue weighted by molar-refractivity contribution is 7.19. The SMILES string of the molecule is CC(C)NCC(=O)Nc1nc(-c2ccccc2)sc1-c1ccccc1. The third-order valence-corrected chi connectivity index (χ3v) is 4.77. The number of amides is 1. The van der Waals surface area contributed by atoms with Gasteiger partial charge in [-0.15, -0.1) is 11.3 Å². The molecule has 5 heteroatoms. The molecule has 2 aromatic carbocycles. The van der Waals surface area contributed by atoms with Crippen LogP contribution in [0, 0.1) is 0 Å².